The lowest BCUT2D eigenvalue weighted by atomic mass is 9.99. The fraction of sp³-hybridized carbons (Fsp3) is 0.500. The van der Waals surface area contributed by atoms with Crippen LogP contribution in [0.3, 0.4) is 0 Å². The molecular weight excluding hydrogens is 488 g/mol. The lowest BCUT2D eigenvalue weighted by Gasteiger charge is -2.39. The molecular formula is C24H31ClN6O3S. The molecule has 1 amide bonds. The molecule has 0 spiro atoms. The molecule has 1 aliphatic rings. The van der Waals surface area contributed by atoms with Crippen molar-refractivity contribution in [3.63, 3.8) is 0 Å². The molecule has 3 N–H and O–H groups in total. The van der Waals surface area contributed by atoms with Crippen LogP contribution in [0.4, 0.5) is 5.13 Å². The number of aryl methyl sites for hydroxylation is 1. The molecule has 0 aliphatic carbocycles. The van der Waals surface area contributed by atoms with Gasteiger partial charge in [0.1, 0.15) is 0 Å². The maximum absolute atomic E-state index is 12.9. The number of hydrogen-bond donors (Lipinski definition) is 3. The Hall–Kier alpha value is -2.69. The Morgan fingerprint density at radius 3 is 2.80 bits per heavy atom. The van der Waals surface area contributed by atoms with Gasteiger partial charge in [0.25, 0.3) is 5.91 Å². The normalized spacial score (nSPS) is 18.1. The van der Waals surface area contributed by atoms with Crippen LogP contribution in [0.2, 0.25) is 5.15 Å². The Morgan fingerprint density at radius 2 is 2.09 bits per heavy atom. The predicted octanol–water partition coefficient (Wildman–Crippen LogP) is 3.79. The van der Waals surface area contributed by atoms with E-state index in [1.807, 2.05) is 19.1 Å². The van der Waals surface area contributed by atoms with Crippen LogP contribution < -0.4 is 15.5 Å². The fourth-order valence-corrected chi connectivity index (χ4v) is 5.61. The molecule has 2 atom stereocenters. The van der Waals surface area contributed by atoms with Crippen LogP contribution in [0, 0.1) is 0 Å². The number of carbonyl (C=O) groups excluding carboxylic acids is 2. The lowest BCUT2D eigenvalue weighted by molar-refractivity contribution is 0.0528. The number of thiazole rings is 1. The van der Waals surface area contributed by atoms with Gasteiger partial charge in [0.15, 0.2) is 16.1 Å². The number of benzene rings is 1. The van der Waals surface area contributed by atoms with E-state index in [2.05, 4.69) is 32.4 Å². The van der Waals surface area contributed by atoms with Crippen molar-refractivity contribution in [2.45, 2.75) is 52.1 Å². The molecule has 2 unspecified atom stereocenters. The smallest absolute Gasteiger partial charge is 0.339 e. The lowest BCUT2D eigenvalue weighted by Crippen LogP contribution is -2.59. The molecule has 1 fully saturated rings. The number of aromatic nitrogens is 3. The summed E-state index contributed by atoms with van der Waals surface area (Å²) >= 11 is 7.62. The van der Waals surface area contributed by atoms with Crippen molar-refractivity contribution in [3.8, 4) is 0 Å². The molecule has 0 bridgehead atoms. The summed E-state index contributed by atoms with van der Waals surface area (Å²) in [6.07, 6.45) is 2.40. The van der Waals surface area contributed by atoms with Crippen LogP contribution >= 0.6 is 22.9 Å². The second-order valence-corrected chi connectivity index (χ2v) is 9.79. The topological polar surface area (TPSA) is 112 Å². The summed E-state index contributed by atoms with van der Waals surface area (Å²) in [6.45, 7) is 8.44. The quantitative estimate of drug-likeness (QED) is 0.369. The van der Waals surface area contributed by atoms with Gasteiger partial charge in [-0.2, -0.15) is 0 Å². The Labute approximate surface area is 213 Å². The van der Waals surface area contributed by atoms with E-state index in [1.165, 1.54) is 11.3 Å². The van der Waals surface area contributed by atoms with Gasteiger partial charge >= 0.3 is 5.97 Å². The number of ether oxygens (including phenoxy) is 1. The number of piperidine rings is 1. The van der Waals surface area contributed by atoms with Gasteiger partial charge < -0.3 is 25.3 Å². The monoisotopic (exact) mass is 518 g/mol. The molecule has 3 aromatic rings. The molecule has 9 nitrogen and oxygen atoms in total. The van der Waals surface area contributed by atoms with Crippen molar-refractivity contribution in [2.24, 2.45) is 0 Å². The largest absolute Gasteiger partial charge is 0.462 e. The highest BCUT2D eigenvalue weighted by Gasteiger charge is 2.32. The molecule has 1 aromatic carbocycles. The van der Waals surface area contributed by atoms with Gasteiger partial charge in [0, 0.05) is 25.2 Å². The third kappa shape index (κ3) is 5.60. The summed E-state index contributed by atoms with van der Waals surface area (Å²) in [5, 5.41) is 7.91. The number of halogens is 1. The zero-order valence-corrected chi connectivity index (χ0v) is 21.8. The number of amides is 1. The number of H-pyrrole nitrogens is 1. The highest BCUT2D eigenvalue weighted by molar-refractivity contribution is 7.22. The van der Waals surface area contributed by atoms with E-state index in [9.17, 15) is 9.59 Å². The van der Waals surface area contributed by atoms with Crippen LogP contribution in [0.25, 0.3) is 10.2 Å². The number of fused-ring (bicyclic) bond motifs is 1. The molecule has 4 rings (SSSR count). The molecule has 0 saturated carbocycles. The highest BCUT2D eigenvalue weighted by atomic mass is 35.5. The minimum atomic E-state index is -0.332. The molecule has 0 radical (unpaired) electrons. The molecule has 1 saturated heterocycles. The zero-order valence-electron chi connectivity index (χ0n) is 20.2. The number of hydrogen-bond acceptors (Lipinski definition) is 8. The van der Waals surface area contributed by atoms with Crippen molar-refractivity contribution >= 4 is 50.2 Å². The molecule has 2 aromatic heterocycles. The van der Waals surface area contributed by atoms with Crippen LogP contribution in [0.5, 0.6) is 0 Å². The van der Waals surface area contributed by atoms with Crippen LogP contribution in [0.15, 0.2) is 18.2 Å². The van der Waals surface area contributed by atoms with Crippen molar-refractivity contribution in [1.82, 2.24) is 25.6 Å². The SMILES string of the molecule is CCCNC1CN(c2nc3cccc(C(=O)OCC)c3s2)CCC1NC(=O)c1nc(Cl)c(CC)[nH]1. The van der Waals surface area contributed by atoms with Gasteiger partial charge in [-0.1, -0.05) is 42.9 Å². The Balaban J connectivity index is 1.51. The maximum Gasteiger partial charge on any atom is 0.339 e. The second-order valence-electron chi connectivity index (χ2n) is 8.45. The van der Waals surface area contributed by atoms with Crippen LogP contribution in [-0.4, -0.2) is 65.2 Å². The minimum Gasteiger partial charge on any atom is -0.462 e. The molecule has 1 aliphatic heterocycles. The first-order valence-corrected chi connectivity index (χ1v) is 13.2. The first-order valence-electron chi connectivity index (χ1n) is 12.0. The van der Waals surface area contributed by atoms with Gasteiger partial charge in [-0.3, -0.25) is 4.79 Å². The van der Waals surface area contributed by atoms with E-state index in [0.717, 1.165) is 47.0 Å². The van der Waals surface area contributed by atoms with E-state index in [1.54, 1.807) is 13.0 Å². The average Bonchev–Trinajstić information content (AvgIpc) is 3.46. The number of aromatic amines is 1. The van der Waals surface area contributed by atoms with Gasteiger partial charge in [0.05, 0.1) is 28.1 Å². The summed E-state index contributed by atoms with van der Waals surface area (Å²) in [4.78, 5) is 39.5. The number of nitrogens with zero attached hydrogens (tertiary/aromatic N) is 3. The van der Waals surface area contributed by atoms with Gasteiger partial charge in [0.2, 0.25) is 0 Å². The number of nitrogens with one attached hydrogen (secondary N) is 3. The van der Waals surface area contributed by atoms with Gasteiger partial charge in [-0.15, -0.1) is 0 Å². The van der Waals surface area contributed by atoms with Crippen molar-refractivity contribution in [1.29, 1.82) is 0 Å². The third-order valence-corrected chi connectivity index (χ3v) is 7.53. The predicted molar refractivity (Wildman–Crippen MR) is 139 cm³/mol. The van der Waals surface area contributed by atoms with E-state index < -0.39 is 0 Å². The van der Waals surface area contributed by atoms with E-state index in [4.69, 9.17) is 21.3 Å². The third-order valence-electron chi connectivity index (χ3n) is 6.05. The standard InChI is InChI=1S/C24H31ClN6O3S/c1-4-11-26-18-13-31(12-10-16(18)28-22(32)21-27-15(5-2)20(25)30-21)24-29-17-9-7-8-14(19(17)35-24)23(33)34-6-3/h7-9,16,18,26H,4-6,10-13H2,1-3H3,(H,27,30)(H,28,32). The number of carbonyl (C=O) groups is 2. The van der Waals surface area contributed by atoms with E-state index in [0.29, 0.717) is 30.3 Å². The number of imidazole rings is 1. The highest BCUT2D eigenvalue weighted by Crippen LogP contribution is 2.33. The minimum absolute atomic E-state index is 0.0280. The first-order chi connectivity index (χ1) is 16.9. The molecule has 11 heteroatoms. The summed E-state index contributed by atoms with van der Waals surface area (Å²) in [6, 6.07) is 5.48. The Kier molecular flexibility index (Phi) is 8.25. The molecule has 35 heavy (non-hydrogen) atoms. The number of esters is 1. The average molecular weight is 519 g/mol. The Bertz CT molecular complexity index is 1200. The van der Waals surface area contributed by atoms with Crippen molar-refractivity contribution < 1.29 is 14.3 Å². The van der Waals surface area contributed by atoms with Crippen LogP contribution in [0.1, 0.15) is 60.3 Å². The number of anilines is 1. The van der Waals surface area contributed by atoms with E-state index in [-0.39, 0.29) is 29.8 Å². The maximum atomic E-state index is 12.9. The van der Waals surface area contributed by atoms with E-state index >= 15 is 0 Å². The summed E-state index contributed by atoms with van der Waals surface area (Å²) in [5.41, 5.74) is 2.08. The fourth-order valence-electron chi connectivity index (χ4n) is 4.24. The van der Waals surface area contributed by atoms with Crippen LogP contribution in [-0.2, 0) is 11.2 Å². The van der Waals surface area contributed by atoms with Crippen molar-refractivity contribution in [2.75, 3.05) is 31.1 Å². The molecule has 188 valence electrons. The molecule has 3 heterocycles. The second kappa shape index (κ2) is 11.4. The summed E-state index contributed by atoms with van der Waals surface area (Å²) < 4.78 is 6.05. The summed E-state index contributed by atoms with van der Waals surface area (Å²) in [7, 11) is 0. The van der Waals surface area contributed by atoms with Gasteiger partial charge in [-0.05, 0) is 44.9 Å². The summed E-state index contributed by atoms with van der Waals surface area (Å²) in [5.74, 6) is -0.352. The Morgan fingerprint density at radius 1 is 1.26 bits per heavy atom. The van der Waals surface area contributed by atoms with Crippen molar-refractivity contribution in [3.05, 3.63) is 40.4 Å². The number of rotatable bonds is 9. The van der Waals surface area contributed by atoms with Gasteiger partial charge in [-0.25, -0.2) is 14.8 Å². The first kappa shape index (κ1) is 25.4. The zero-order chi connectivity index (χ0) is 24.9.